The van der Waals surface area contributed by atoms with E-state index in [2.05, 4.69) is 24.3 Å². The Morgan fingerprint density at radius 2 is 1.53 bits per heavy atom. The molecule has 0 amide bonds. The molecule has 0 atom stereocenters. The molecule has 1 nitrogen and oxygen atoms in total. The van der Waals surface area contributed by atoms with Gasteiger partial charge in [-0.15, -0.1) is 0 Å². The molecule has 3 rings (SSSR count). The van der Waals surface area contributed by atoms with Crippen LogP contribution < -0.4 is 0 Å². The number of nitrogens with zero attached hydrogens (tertiary/aromatic N) is 1. The molecule has 2 aromatic carbocycles. The highest BCUT2D eigenvalue weighted by Crippen LogP contribution is 2.31. The summed E-state index contributed by atoms with van der Waals surface area (Å²) in [7, 11) is 0. The monoisotopic (exact) mass is 265 g/mol. The van der Waals surface area contributed by atoms with Gasteiger partial charge in [-0.3, -0.25) is 0 Å². The van der Waals surface area contributed by atoms with Crippen LogP contribution in [0.5, 0.6) is 0 Å². The van der Waals surface area contributed by atoms with Crippen molar-refractivity contribution in [3.05, 3.63) is 59.2 Å². The van der Waals surface area contributed by atoms with Crippen molar-refractivity contribution in [1.82, 2.24) is 0 Å². The molecule has 94 valence electrons. The Hall–Kier alpha value is -1.72. The van der Waals surface area contributed by atoms with Crippen LogP contribution in [-0.2, 0) is 12.8 Å². The molecule has 0 unspecified atom stereocenters. The predicted octanol–water partition coefficient (Wildman–Crippen LogP) is 4.59. The molecule has 2 aromatic rings. The Kier molecular flexibility index (Phi) is 3.57. The average molecular weight is 265 g/mol. The fourth-order valence-electron chi connectivity index (χ4n) is 2.51. The smallest absolute Gasteiger partial charge is 0.0991 e. The lowest BCUT2D eigenvalue weighted by atomic mass is 9.92. The Balaban J connectivity index is 1.81. The third-order valence-electron chi connectivity index (χ3n) is 3.54. The summed E-state index contributed by atoms with van der Waals surface area (Å²) in [6.45, 7) is 0. The summed E-state index contributed by atoms with van der Waals surface area (Å²) in [6, 6.07) is 16.8. The summed E-state index contributed by atoms with van der Waals surface area (Å²) in [5.74, 6) is 0. The summed E-state index contributed by atoms with van der Waals surface area (Å²) >= 11 is 1.77. The van der Waals surface area contributed by atoms with Crippen LogP contribution in [0.3, 0.4) is 0 Å². The van der Waals surface area contributed by atoms with Gasteiger partial charge in [0.05, 0.1) is 11.6 Å². The van der Waals surface area contributed by atoms with Crippen LogP contribution in [0, 0.1) is 11.3 Å². The number of hydrogen-bond acceptors (Lipinski definition) is 2. The average Bonchev–Trinajstić information content (AvgIpc) is 2.48. The van der Waals surface area contributed by atoms with Crippen molar-refractivity contribution in [2.24, 2.45) is 0 Å². The minimum atomic E-state index is 0.717. The lowest BCUT2D eigenvalue weighted by Crippen LogP contribution is -2.01. The first kappa shape index (κ1) is 12.3. The molecule has 0 fully saturated rings. The molecule has 0 radical (unpaired) electrons. The van der Waals surface area contributed by atoms with E-state index in [0.717, 1.165) is 5.56 Å². The molecule has 0 spiro atoms. The summed E-state index contributed by atoms with van der Waals surface area (Å²) in [5, 5.41) is 8.79. The van der Waals surface area contributed by atoms with Crippen LogP contribution in [0.1, 0.15) is 29.5 Å². The molecule has 0 saturated heterocycles. The van der Waals surface area contributed by atoms with Gasteiger partial charge in [-0.25, -0.2) is 0 Å². The van der Waals surface area contributed by atoms with E-state index in [-0.39, 0.29) is 0 Å². The molecule has 2 heteroatoms. The van der Waals surface area contributed by atoms with Gasteiger partial charge in [0.1, 0.15) is 0 Å². The number of aryl methyl sites for hydroxylation is 2. The van der Waals surface area contributed by atoms with Crippen molar-refractivity contribution in [3.63, 3.8) is 0 Å². The third kappa shape index (κ3) is 2.83. The second-order valence-electron chi connectivity index (χ2n) is 4.88. The van der Waals surface area contributed by atoms with Crippen molar-refractivity contribution in [2.75, 3.05) is 0 Å². The van der Waals surface area contributed by atoms with Gasteiger partial charge in [0, 0.05) is 9.79 Å². The molecular formula is C17H15NS. The van der Waals surface area contributed by atoms with Crippen LogP contribution in [0.15, 0.2) is 52.3 Å². The normalized spacial score (nSPS) is 13.6. The molecule has 19 heavy (non-hydrogen) atoms. The van der Waals surface area contributed by atoms with Gasteiger partial charge < -0.3 is 0 Å². The van der Waals surface area contributed by atoms with E-state index >= 15 is 0 Å². The fourth-order valence-corrected chi connectivity index (χ4v) is 3.39. The van der Waals surface area contributed by atoms with Crippen molar-refractivity contribution in [2.45, 2.75) is 35.5 Å². The molecule has 0 saturated carbocycles. The van der Waals surface area contributed by atoms with E-state index in [9.17, 15) is 0 Å². The van der Waals surface area contributed by atoms with E-state index in [1.807, 2.05) is 24.3 Å². The number of nitriles is 1. The summed E-state index contributed by atoms with van der Waals surface area (Å²) in [6.07, 6.45) is 5.10. The SMILES string of the molecule is N#Cc1ccc(Sc2ccc3c(c2)CCCC3)cc1. The highest BCUT2D eigenvalue weighted by atomic mass is 32.2. The molecule has 0 N–H and O–H groups in total. The standard InChI is InChI=1S/C17H15NS/c18-12-13-5-8-16(9-6-13)19-17-10-7-14-3-1-2-4-15(14)11-17/h5-11H,1-4H2. The highest BCUT2D eigenvalue weighted by molar-refractivity contribution is 7.99. The van der Waals surface area contributed by atoms with Gasteiger partial charge in [0.25, 0.3) is 0 Å². The molecule has 0 bridgehead atoms. The second-order valence-corrected chi connectivity index (χ2v) is 6.02. The first-order valence-corrected chi connectivity index (χ1v) is 7.46. The van der Waals surface area contributed by atoms with Gasteiger partial charge >= 0.3 is 0 Å². The zero-order chi connectivity index (χ0) is 13.1. The van der Waals surface area contributed by atoms with Crippen molar-refractivity contribution < 1.29 is 0 Å². The number of hydrogen-bond donors (Lipinski definition) is 0. The number of rotatable bonds is 2. The van der Waals surface area contributed by atoms with Crippen LogP contribution in [0.2, 0.25) is 0 Å². The van der Waals surface area contributed by atoms with E-state index in [4.69, 9.17) is 5.26 Å². The van der Waals surface area contributed by atoms with Crippen LogP contribution in [-0.4, -0.2) is 0 Å². The number of benzene rings is 2. The summed E-state index contributed by atoms with van der Waals surface area (Å²) in [5.41, 5.74) is 3.76. The first-order chi connectivity index (χ1) is 9.35. The van der Waals surface area contributed by atoms with E-state index in [1.165, 1.54) is 46.6 Å². The van der Waals surface area contributed by atoms with E-state index in [1.54, 1.807) is 11.8 Å². The Bertz CT molecular complexity index is 623. The maximum atomic E-state index is 8.79. The zero-order valence-electron chi connectivity index (χ0n) is 10.7. The summed E-state index contributed by atoms with van der Waals surface area (Å²) < 4.78 is 0. The Morgan fingerprint density at radius 3 is 2.26 bits per heavy atom. The molecule has 0 aromatic heterocycles. The Morgan fingerprint density at radius 1 is 0.842 bits per heavy atom. The topological polar surface area (TPSA) is 23.8 Å². The minimum Gasteiger partial charge on any atom is -0.192 e. The quantitative estimate of drug-likeness (QED) is 0.793. The lowest BCUT2D eigenvalue weighted by Gasteiger charge is -2.16. The first-order valence-electron chi connectivity index (χ1n) is 6.65. The predicted molar refractivity (Wildman–Crippen MR) is 78.4 cm³/mol. The van der Waals surface area contributed by atoms with Crippen LogP contribution in [0.4, 0.5) is 0 Å². The third-order valence-corrected chi connectivity index (χ3v) is 4.54. The van der Waals surface area contributed by atoms with Gasteiger partial charge in [-0.05, 0) is 73.2 Å². The minimum absolute atomic E-state index is 0.717. The summed E-state index contributed by atoms with van der Waals surface area (Å²) in [4.78, 5) is 2.49. The zero-order valence-corrected chi connectivity index (χ0v) is 11.5. The molecular weight excluding hydrogens is 250 g/mol. The molecule has 0 heterocycles. The van der Waals surface area contributed by atoms with Gasteiger partial charge in [0.2, 0.25) is 0 Å². The molecule has 1 aliphatic rings. The van der Waals surface area contributed by atoms with Crippen LogP contribution >= 0.6 is 11.8 Å². The van der Waals surface area contributed by atoms with Crippen molar-refractivity contribution in [3.8, 4) is 6.07 Å². The molecule has 1 aliphatic carbocycles. The van der Waals surface area contributed by atoms with Gasteiger partial charge in [-0.1, -0.05) is 17.8 Å². The maximum absolute atomic E-state index is 8.79. The van der Waals surface area contributed by atoms with Gasteiger partial charge in [-0.2, -0.15) is 5.26 Å². The second kappa shape index (κ2) is 5.50. The van der Waals surface area contributed by atoms with Crippen molar-refractivity contribution in [1.29, 1.82) is 5.26 Å². The highest BCUT2D eigenvalue weighted by Gasteiger charge is 2.09. The largest absolute Gasteiger partial charge is 0.192 e. The number of fused-ring (bicyclic) bond motifs is 1. The fraction of sp³-hybridized carbons (Fsp3) is 0.235. The maximum Gasteiger partial charge on any atom is 0.0991 e. The Labute approximate surface area is 118 Å². The van der Waals surface area contributed by atoms with Crippen LogP contribution in [0.25, 0.3) is 0 Å². The van der Waals surface area contributed by atoms with E-state index < -0.39 is 0 Å². The van der Waals surface area contributed by atoms with Gasteiger partial charge in [0.15, 0.2) is 0 Å². The molecule has 0 aliphatic heterocycles. The van der Waals surface area contributed by atoms with E-state index in [0.29, 0.717) is 0 Å². The van der Waals surface area contributed by atoms with Crippen molar-refractivity contribution >= 4 is 11.8 Å². The lowest BCUT2D eigenvalue weighted by molar-refractivity contribution is 0.683.